The van der Waals surface area contributed by atoms with Crippen LogP contribution in [-0.4, -0.2) is 25.3 Å². The Balaban J connectivity index is 0.000000296. The molecule has 0 unspecified atom stereocenters. The molecular weight excluding hydrogens is 750 g/mol. The third kappa shape index (κ3) is 15.0. The fourth-order valence-electron chi connectivity index (χ4n) is 5.62. The number of anilines is 1. The van der Waals surface area contributed by atoms with Crippen LogP contribution in [0.15, 0.2) is 182 Å². The van der Waals surface area contributed by atoms with Crippen LogP contribution in [0.1, 0.15) is 34.2 Å². The van der Waals surface area contributed by atoms with E-state index in [1.54, 1.807) is 0 Å². The van der Waals surface area contributed by atoms with E-state index in [0.717, 1.165) is 63.2 Å². The van der Waals surface area contributed by atoms with E-state index in [4.69, 9.17) is 4.74 Å². The van der Waals surface area contributed by atoms with Crippen molar-refractivity contribution in [2.75, 3.05) is 25.1 Å². The van der Waals surface area contributed by atoms with E-state index in [2.05, 4.69) is 83.0 Å². The van der Waals surface area contributed by atoms with Gasteiger partial charge in [0, 0.05) is 36.0 Å². The summed E-state index contributed by atoms with van der Waals surface area (Å²) in [5.41, 5.74) is 10.4. The van der Waals surface area contributed by atoms with Crippen LogP contribution in [0.4, 0.5) is 5.69 Å². The average molecular weight is 802 g/mol. The molecule has 0 aliphatic heterocycles. The zero-order chi connectivity index (χ0) is 38.5. The maximum absolute atomic E-state index is 11.1. The number of aryl methyl sites for hydroxylation is 2. The van der Waals surface area contributed by atoms with Gasteiger partial charge in [0.1, 0.15) is 11.5 Å². The van der Waals surface area contributed by atoms with Crippen LogP contribution in [0.3, 0.4) is 0 Å². The van der Waals surface area contributed by atoms with Gasteiger partial charge in [0.25, 0.3) is 0 Å². The molecule has 276 valence electrons. The Morgan fingerprint density at radius 1 is 0.527 bits per heavy atom. The van der Waals surface area contributed by atoms with E-state index in [1.165, 1.54) is 11.3 Å². The standard InChI is InChI=1S/C30H31NO2.3C7H7.Zr/c1-22-17-18-29(33-20-10-19-31(3)28-16-8-7-11-23(28)2)27(21-22)26-15-9-14-25(30(26)32)24-12-5-4-6-13-24;3*1-7-5-3-2-4-6-7;/h4-9,11-18,21,32H,10,19-20H2,1-3H3;3*2-6H,1H2;/q;3*-1;+4. The molecule has 0 aromatic heterocycles. The van der Waals surface area contributed by atoms with Gasteiger partial charge in [-0.3, -0.25) is 0 Å². The number of phenols is 1. The summed E-state index contributed by atoms with van der Waals surface area (Å²) in [7, 11) is 2.12. The molecule has 0 radical (unpaired) electrons. The van der Waals surface area contributed by atoms with Gasteiger partial charge in [0.15, 0.2) is 0 Å². The van der Waals surface area contributed by atoms with Gasteiger partial charge in [-0.1, -0.05) is 96.6 Å². The smallest absolute Gasteiger partial charge is 0.507 e. The number of para-hydroxylation sites is 2. The summed E-state index contributed by atoms with van der Waals surface area (Å²) < 4.78 is 6.23. The first kappa shape index (κ1) is 43.8. The van der Waals surface area contributed by atoms with Crippen LogP contribution in [0.25, 0.3) is 22.3 Å². The predicted octanol–water partition coefficient (Wildman–Crippen LogP) is 12.9. The van der Waals surface area contributed by atoms with Gasteiger partial charge in [-0.15, -0.1) is 36.4 Å². The molecule has 0 saturated carbocycles. The van der Waals surface area contributed by atoms with Gasteiger partial charge in [-0.25, -0.2) is 0 Å². The van der Waals surface area contributed by atoms with E-state index in [-0.39, 0.29) is 32.0 Å². The van der Waals surface area contributed by atoms with Crippen molar-refractivity contribution in [3.63, 3.8) is 0 Å². The number of nitrogens with zero attached hydrogens (tertiary/aromatic N) is 1. The first-order valence-corrected chi connectivity index (χ1v) is 18.2. The molecule has 0 saturated heterocycles. The molecule has 0 bridgehead atoms. The predicted molar refractivity (Wildman–Crippen MR) is 231 cm³/mol. The minimum absolute atomic E-state index is 0. The van der Waals surface area contributed by atoms with Crippen molar-refractivity contribution in [1.82, 2.24) is 0 Å². The van der Waals surface area contributed by atoms with Crippen LogP contribution in [0, 0.1) is 34.6 Å². The number of benzene rings is 7. The molecule has 7 aromatic carbocycles. The molecule has 0 fully saturated rings. The molecule has 0 amide bonds. The molecule has 0 atom stereocenters. The Bertz CT molecular complexity index is 2000. The van der Waals surface area contributed by atoms with Crippen molar-refractivity contribution < 1.29 is 36.0 Å². The Morgan fingerprint density at radius 2 is 1.00 bits per heavy atom. The van der Waals surface area contributed by atoms with E-state index in [9.17, 15) is 5.11 Å². The first-order valence-electron chi connectivity index (χ1n) is 18.2. The van der Waals surface area contributed by atoms with Crippen LogP contribution >= 0.6 is 0 Å². The van der Waals surface area contributed by atoms with E-state index >= 15 is 0 Å². The van der Waals surface area contributed by atoms with Gasteiger partial charge < -0.3 is 14.7 Å². The second-order valence-electron chi connectivity index (χ2n) is 12.9. The number of aromatic hydroxyl groups is 1. The third-order valence-electron chi connectivity index (χ3n) is 8.50. The first-order chi connectivity index (χ1) is 26.2. The zero-order valence-electron chi connectivity index (χ0n) is 32.4. The Labute approximate surface area is 349 Å². The monoisotopic (exact) mass is 800 g/mol. The molecule has 4 heteroatoms. The minimum atomic E-state index is 0. The van der Waals surface area contributed by atoms with Crippen molar-refractivity contribution >= 4 is 5.69 Å². The molecular formula is C51H52NO2Zr+. The third-order valence-corrected chi connectivity index (χ3v) is 8.50. The second kappa shape index (κ2) is 24.0. The van der Waals surface area contributed by atoms with Crippen molar-refractivity contribution in [3.8, 4) is 33.8 Å². The normalized spacial score (nSPS) is 9.73. The number of phenolic OH excluding ortho intramolecular Hbond substituents is 1. The van der Waals surface area contributed by atoms with Gasteiger partial charge in [-0.2, -0.15) is 73.9 Å². The van der Waals surface area contributed by atoms with Crippen molar-refractivity contribution in [2.24, 2.45) is 0 Å². The topological polar surface area (TPSA) is 32.7 Å². The summed E-state index contributed by atoms with van der Waals surface area (Å²) in [6.45, 7) is 16.9. The summed E-state index contributed by atoms with van der Waals surface area (Å²) in [5, 5.41) is 11.1. The van der Waals surface area contributed by atoms with Gasteiger partial charge >= 0.3 is 26.2 Å². The van der Waals surface area contributed by atoms with Crippen molar-refractivity contribution in [1.29, 1.82) is 0 Å². The van der Waals surface area contributed by atoms with Gasteiger partial charge in [-0.05, 0) is 49.6 Å². The van der Waals surface area contributed by atoms with Crippen LogP contribution < -0.4 is 9.64 Å². The van der Waals surface area contributed by atoms with E-state index < -0.39 is 0 Å². The largest absolute Gasteiger partial charge is 4.00 e. The van der Waals surface area contributed by atoms with E-state index in [1.807, 2.05) is 146 Å². The fourth-order valence-corrected chi connectivity index (χ4v) is 5.62. The molecule has 1 N–H and O–H groups in total. The molecule has 0 spiro atoms. The quantitative estimate of drug-likeness (QED) is 0.123. The number of rotatable bonds is 8. The van der Waals surface area contributed by atoms with Crippen molar-refractivity contribution in [2.45, 2.75) is 20.3 Å². The van der Waals surface area contributed by atoms with Crippen molar-refractivity contribution in [3.05, 3.63) is 231 Å². The number of hydrogen-bond acceptors (Lipinski definition) is 3. The molecule has 3 nitrogen and oxygen atoms in total. The number of ether oxygens (including phenoxy) is 1. The van der Waals surface area contributed by atoms with Crippen LogP contribution in [0.2, 0.25) is 0 Å². The maximum atomic E-state index is 11.1. The molecule has 0 aliphatic rings. The Morgan fingerprint density at radius 3 is 1.49 bits per heavy atom. The second-order valence-corrected chi connectivity index (χ2v) is 12.9. The Kier molecular flexibility index (Phi) is 19.1. The molecule has 55 heavy (non-hydrogen) atoms. The van der Waals surface area contributed by atoms with Crippen LogP contribution in [0.5, 0.6) is 11.5 Å². The maximum Gasteiger partial charge on any atom is 4.00 e. The van der Waals surface area contributed by atoms with E-state index in [0.29, 0.717) is 6.61 Å². The summed E-state index contributed by atoms with van der Waals surface area (Å²) in [5.74, 6) is 1.07. The minimum Gasteiger partial charge on any atom is -0.507 e. The fraction of sp³-hybridized carbons (Fsp3) is 0.118. The molecule has 0 aliphatic carbocycles. The summed E-state index contributed by atoms with van der Waals surface area (Å²) in [4.78, 5) is 2.27. The van der Waals surface area contributed by atoms with Gasteiger partial charge in [0.2, 0.25) is 0 Å². The molecule has 7 aromatic rings. The molecule has 7 rings (SSSR count). The van der Waals surface area contributed by atoms with Crippen LogP contribution in [-0.2, 0) is 26.2 Å². The Hall–Kier alpha value is -5.57. The summed E-state index contributed by atoms with van der Waals surface area (Å²) in [6, 6.07) is 60.0. The number of hydrogen-bond donors (Lipinski definition) is 1. The summed E-state index contributed by atoms with van der Waals surface area (Å²) >= 11 is 0. The average Bonchev–Trinajstić information content (AvgIpc) is 3.19. The molecule has 0 heterocycles. The summed E-state index contributed by atoms with van der Waals surface area (Å²) in [6.07, 6.45) is 0.897. The van der Waals surface area contributed by atoms with Gasteiger partial charge in [0.05, 0.1) is 6.61 Å². The SMILES string of the molecule is Cc1ccc(OCCCN(C)c2ccccc2C)c(-c2cccc(-c3ccccc3)c2O)c1.[CH2-]c1ccccc1.[CH2-]c1ccccc1.[CH2-]c1ccccc1.[Zr+4]. The zero-order valence-corrected chi connectivity index (χ0v) is 34.8.